The first-order valence-corrected chi connectivity index (χ1v) is 8.40. The quantitative estimate of drug-likeness (QED) is 0.631. The third-order valence-corrected chi connectivity index (χ3v) is 4.32. The molecule has 0 spiro atoms. The lowest BCUT2D eigenvalue weighted by molar-refractivity contribution is 0.463. The average molecular weight is 343 g/mol. The number of sulfonamides is 1. The van der Waals surface area contributed by atoms with Crippen LogP contribution in [0, 0.1) is 0 Å². The number of nitrogens with zero attached hydrogens (tertiary/aromatic N) is 2. The fraction of sp³-hybridized carbons (Fsp3) is 0. The predicted molar refractivity (Wildman–Crippen MR) is 89.3 cm³/mol. The number of primary sulfonamides is 1. The van der Waals surface area contributed by atoms with Gasteiger partial charge >= 0.3 is 0 Å². The van der Waals surface area contributed by atoms with E-state index in [9.17, 15) is 18.6 Å². The Balaban J connectivity index is 2.30. The fourth-order valence-electron chi connectivity index (χ4n) is 2.31. The van der Waals surface area contributed by atoms with Crippen LogP contribution in [-0.2, 0) is 10.0 Å². The first-order chi connectivity index (χ1) is 11.4. The molecule has 122 valence electrons. The van der Waals surface area contributed by atoms with Crippen LogP contribution in [0.5, 0.6) is 11.5 Å². The highest BCUT2D eigenvalue weighted by Crippen LogP contribution is 2.42. The third kappa shape index (κ3) is 2.92. The van der Waals surface area contributed by atoms with Gasteiger partial charge in [-0.1, -0.05) is 30.3 Å². The highest BCUT2D eigenvalue weighted by atomic mass is 32.2. The van der Waals surface area contributed by atoms with Crippen LogP contribution in [0.1, 0.15) is 0 Å². The lowest BCUT2D eigenvalue weighted by atomic mass is 10.1. The van der Waals surface area contributed by atoms with Gasteiger partial charge < -0.3 is 10.2 Å². The van der Waals surface area contributed by atoms with E-state index in [0.29, 0.717) is 5.69 Å². The Bertz CT molecular complexity index is 1050. The molecule has 0 aromatic heterocycles. The number of fused-ring (bicyclic) bond motifs is 1. The molecule has 3 rings (SSSR count). The average Bonchev–Trinajstić information content (AvgIpc) is 2.54. The zero-order valence-corrected chi connectivity index (χ0v) is 13.1. The van der Waals surface area contributed by atoms with Crippen molar-refractivity contribution in [2.24, 2.45) is 15.4 Å². The lowest BCUT2D eigenvalue weighted by Crippen LogP contribution is -2.12. The van der Waals surface area contributed by atoms with Crippen LogP contribution >= 0.6 is 0 Å². The SMILES string of the molecule is NS(=O)(=O)c1cc(N=Nc2ccccc2)c2c(O)cccc2c1O. The number of hydrogen-bond acceptors (Lipinski definition) is 6. The van der Waals surface area contributed by atoms with Gasteiger partial charge in [0, 0.05) is 5.39 Å². The van der Waals surface area contributed by atoms with Crippen molar-refractivity contribution >= 4 is 32.2 Å². The second-order valence-corrected chi connectivity index (χ2v) is 6.55. The van der Waals surface area contributed by atoms with Gasteiger partial charge in [-0.25, -0.2) is 13.6 Å². The van der Waals surface area contributed by atoms with Crippen molar-refractivity contribution in [3.63, 3.8) is 0 Å². The Hall–Kier alpha value is -2.97. The molecule has 0 heterocycles. The minimum atomic E-state index is -4.18. The molecule has 4 N–H and O–H groups in total. The standard InChI is InChI=1S/C16H13N3O4S/c17-24(22,23)14-9-12(19-18-10-5-2-1-3-6-10)15-11(16(14)21)7-4-8-13(15)20/h1-9,20-21H,(H2,17,22,23). The Morgan fingerprint density at radius 2 is 1.62 bits per heavy atom. The Kier molecular flexibility index (Phi) is 3.92. The molecule has 0 aliphatic carbocycles. The molecule has 0 radical (unpaired) electrons. The maximum Gasteiger partial charge on any atom is 0.241 e. The summed E-state index contributed by atoms with van der Waals surface area (Å²) in [5, 5.41) is 33.7. The molecule has 0 atom stereocenters. The van der Waals surface area contributed by atoms with Crippen LogP contribution in [0.3, 0.4) is 0 Å². The molecule has 24 heavy (non-hydrogen) atoms. The lowest BCUT2D eigenvalue weighted by Gasteiger charge is -2.10. The topological polar surface area (TPSA) is 125 Å². The van der Waals surface area contributed by atoms with Gasteiger partial charge in [0.1, 0.15) is 16.4 Å². The Morgan fingerprint density at radius 3 is 2.29 bits per heavy atom. The van der Waals surface area contributed by atoms with E-state index < -0.39 is 20.7 Å². The summed E-state index contributed by atoms with van der Waals surface area (Å²) in [6.45, 7) is 0. The van der Waals surface area contributed by atoms with E-state index in [0.717, 1.165) is 6.07 Å². The highest BCUT2D eigenvalue weighted by Gasteiger charge is 2.21. The van der Waals surface area contributed by atoms with Gasteiger partial charge in [0.15, 0.2) is 0 Å². The van der Waals surface area contributed by atoms with Gasteiger partial charge in [0.05, 0.1) is 16.8 Å². The third-order valence-electron chi connectivity index (χ3n) is 3.39. The molecule has 8 heteroatoms. The number of rotatable bonds is 3. The molecule has 0 saturated heterocycles. The van der Waals surface area contributed by atoms with E-state index in [1.165, 1.54) is 18.2 Å². The molecule has 0 aliphatic rings. The Labute approximate surface area is 137 Å². The van der Waals surface area contributed by atoms with Crippen molar-refractivity contribution in [1.29, 1.82) is 0 Å². The van der Waals surface area contributed by atoms with E-state index in [-0.39, 0.29) is 22.2 Å². The summed E-state index contributed by atoms with van der Waals surface area (Å²) in [4.78, 5) is -0.484. The Morgan fingerprint density at radius 1 is 0.917 bits per heavy atom. The minimum absolute atomic E-state index is 0.0776. The summed E-state index contributed by atoms with van der Waals surface area (Å²) in [6.07, 6.45) is 0. The highest BCUT2D eigenvalue weighted by molar-refractivity contribution is 7.89. The van der Waals surface area contributed by atoms with E-state index in [1.807, 2.05) is 6.07 Å². The molecule has 0 unspecified atom stereocenters. The van der Waals surface area contributed by atoms with Crippen LogP contribution in [0.2, 0.25) is 0 Å². The van der Waals surface area contributed by atoms with Crippen molar-refractivity contribution in [2.75, 3.05) is 0 Å². The van der Waals surface area contributed by atoms with Gasteiger partial charge in [-0.05, 0) is 24.3 Å². The number of azo groups is 1. The minimum Gasteiger partial charge on any atom is -0.507 e. The van der Waals surface area contributed by atoms with Gasteiger partial charge in [0.25, 0.3) is 0 Å². The molecular weight excluding hydrogens is 330 g/mol. The molecule has 0 amide bonds. The first-order valence-electron chi connectivity index (χ1n) is 6.85. The fourth-order valence-corrected chi connectivity index (χ4v) is 2.96. The summed E-state index contributed by atoms with van der Waals surface area (Å²) in [7, 11) is -4.18. The molecule has 0 aliphatic heterocycles. The maximum absolute atomic E-state index is 11.7. The maximum atomic E-state index is 11.7. The van der Waals surface area contributed by atoms with Crippen molar-refractivity contribution < 1.29 is 18.6 Å². The molecule has 7 nitrogen and oxygen atoms in total. The summed E-state index contributed by atoms with van der Waals surface area (Å²) in [5.74, 6) is -0.701. The first kappa shape index (κ1) is 15.9. The number of hydrogen-bond donors (Lipinski definition) is 3. The summed E-state index contributed by atoms with van der Waals surface area (Å²) < 4.78 is 23.4. The molecule has 3 aromatic carbocycles. The normalized spacial score (nSPS) is 12.0. The zero-order chi connectivity index (χ0) is 17.3. The number of phenols is 2. The van der Waals surface area contributed by atoms with E-state index in [1.54, 1.807) is 24.3 Å². The second-order valence-electron chi connectivity index (χ2n) is 5.02. The molecule has 0 fully saturated rings. The van der Waals surface area contributed by atoms with Crippen LogP contribution in [0.4, 0.5) is 11.4 Å². The van der Waals surface area contributed by atoms with Crippen LogP contribution in [0.25, 0.3) is 10.8 Å². The number of benzene rings is 3. The molecule has 0 bridgehead atoms. The largest absolute Gasteiger partial charge is 0.507 e. The van der Waals surface area contributed by atoms with E-state index in [2.05, 4.69) is 10.2 Å². The van der Waals surface area contributed by atoms with Crippen LogP contribution in [-0.4, -0.2) is 18.6 Å². The zero-order valence-electron chi connectivity index (χ0n) is 12.3. The van der Waals surface area contributed by atoms with Gasteiger partial charge in [-0.15, -0.1) is 5.11 Å². The van der Waals surface area contributed by atoms with Gasteiger partial charge in [0.2, 0.25) is 10.0 Å². The predicted octanol–water partition coefficient (Wildman–Crippen LogP) is 3.31. The van der Waals surface area contributed by atoms with Gasteiger partial charge in [-0.2, -0.15) is 5.11 Å². The monoisotopic (exact) mass is 343 g/mol. The summed E-state index contributed by atoms with van der Waals surface area (Å²) in [5.41, 5.74) is 0.625. The molecule has 0 saturated carbocycles. The number of phenolic OH excluding ortho intramolecular Hbond substituents is 2. The number of aromatic hydroxyl groups is 2. The van der Waals surface area contributed by atoms with Gasteiger partial charge in [-0.3, -0.25) is 0 Å². The number of nitrogens with two attached hydrogens (primary N) is 1. The van der Waals surface area contributed by atoms with E-state index in [4.69, 9.17) is 5.14 Å². The van der Waals surface area contributed by atoms with E-state index >= 15 is 0 Å². The van der Waals surface area contributed by atoms with Crippen molar-refractivity contribution in [3.8, 4) is 11.5 Å². The van der Waals surface area contributed by atoms with Crippen molar-refractivity contribution in [3.05, 3.63) is 54.6 Å². The van der Waals surface area contributed by atoms with Crippen molar-refractivity contribution in [1.82, 2.24) is 0 Å². The second kappa shape index (κ2) is 5.91. The molecule has 3 aromatic rings. The van der Waals surface area contributed by atoms with Crippen LogP contribution < -0.4 is 5.14 Å². The van der Waals surface area contributed by atoms with Crippen LogP contribution in [0.15, 0.2) is 69.7 Å². The summed E-state index contributed by atoms with van der Waals surface area (Å²) in [6, 6.07) is 14.2. The smallest absolute Gasteiger partial charge is 0.241 e. The van der Waals surface area contributed by atoms with Crippen molar-refractivity contribution in [2.45, 2.75) is 4.90 Å². The molecular formula is C16H13N3O4S. The summed E-state index contributed by atoms with van der Waals surface area (Å²) >= 11 is 0.